The predicted molar refractivity (Wildman–Crippen MR) is 283 cm³/mol. The van der Waals surface area contributed by atoms with Crippen LogP contribution in [-0.2, 0) is 0 Å². The number of hydrogen-bond donors (Lipinski definition) is 0. The lowest BCUT2D eigenvalue weighted by molar-refractivity contribution is 0.669. The van der Waals surface area contributed by atoms with Crippen molar-refractivity contribution >= 4 is 160 Å². The third kappa shape index (κ3) is 5.03. The van der Waals surface area contributed by atoms with Gasteiger partial charge in [0.2, 0.25) is 0 Å². The van der Waals surface area contributed by atoms with E-state index in [1.165, 1.54) is 87.7 Å². The number of hydrogen-bond acceptors (Lipinski definition) is 6. The van der Waals surface area contributed by atoms with Crippen molar-refractivity contribution in [1.29, 1.82) is 0 Å². The Morgan fingerprint density at radius 2 is 0.818 bits per heavy atom. The maximum absolute atomic E-state index is 6.16. The molecule has 16 aromatic rings. The Bertz CT molecular complexity index is 4350. The lowest BCUT2D eigenvalue weighted by Gasteiger charge is -2.06. The van der Waals surface area contributed by atoms with Crippen LogP contribution in [0.3, 0.4) is 0 Å². The van der Waals surface area contributed by atoms with E-state index in [-0.39, 0.29) is 0 Å². The van der Waals surface area contributed by atoms with Gasteiger partial charge in [-0.1, -0.05) is 109 Å². The van der Waals surface area contributed by atoms with Gasteiger partial charge in [-0.15, -0.1) is 34.0 Å². The molecule has 8 heterocycles. The van der Waals surface area contributed by atoms with Crippen molar-refractivity contribution in [3.63, 3.8) is 0 Å². The fourth-order valence-electron chi connectivity index (χ4n) is 10.5. The Balaban J connectivity index is 0.000000121. The summed E-state index contributed by atoms with van der Waals surface area (Å²) in [4.78, 5) is 10.1. The third-order valence-electron chi connectivity index (χ3n) is 13.3. The molecule has 0 saturated carbocycles. The number of aromatic nitrogens is 4. The summed E-state index contributed by atoms with van der Waals surface area (Å²) >= 11 is 5.60. The summed E-state index contributed by atoms with van der Waals surface area (Å²) in [7, 11) is 0. The average Bonchev–Trinajstić information content (AvgIpc) is 4.22. The smallest absolute Gasteiger partial charge is 0.136 e. The molecule has 0 amide bonds. The van der Waals surface area contributed by atoms with Crippen LogP contribution in [0.15, 0.2) is 199 Å². The first-order valence-corrected chi connectivity index (χ1v) is 24.4. The summed E-state index contributed by atoms with van der Waals surface area (Å²) in [6.45, 7) is 0. The zero-order chi connectivity index (χ0) is 43.0. The molecule has 8 aromatic heterocycles. The Morgan fingerprint density at radius 1 is 0.318 bits per heavy atom. The van der Waals surface area contributed by atoms with Crippen LogP contribution in [0.1, 0.15) is 0 Å². The normalized spacial score (nSPS) is 12.2. The molecule has 0 saturated heterocycles. The molecule has 0 radical (unpaired) electrons. The molecule has 0 aliphatic heterocycles. The van der Waals surface area contributed by atoms with Gasteiger partial charge in [0.15, 0.2) is 0 Å². The van der Waals surface area contributed by atoms with Crippen LogP contribution >= 0.6 is 34.0 Å². The van der Waals surface area contributed by atoms with Crippen molar-refractivity contribution in [1.82, 2.24) is 19.1 Å². The van der Waals surface area contributed by atoms with Crippen LogP contribution in [0, 0.1) is 0 Å². The molecular weight excluding hydrogens is 865 g/mol. The second kappa shape index (κ2) is 13.8. The van der Waals surface area contributed by atoms with E-state index in [2.05, 4.69) is 185 Å². The molecule has 0 spiro atoms. The van der Waals surface area contributed by atoms with E-state index in [1.54, 1.807) is 0 Å². The van der Waals surface area contributed by atoms with Gasteiger partial charge in [0, 0.05) is 84.0 Å². The van der Waals surface area contributed by atoms with E-state index in [9.17, 15) is 0 Å². The Morgan fingerprint density at radius 3 is 1.44 bits per heavy atom. The van der Waals surface area contributed by atoms with Gasteiger partial charge in [0.1, 0.15) is 11.2 Å². The molecular formula is C58H32N4OS3. The van der Waals surface area contributed by atoms with Crippen molar-refractivity contribution in [2.75, 3.05) is 0 Å². The van der Waals surface area contributed by atoms with Crippen LogP contribution in [0.5, 0.6) is 0 Å². The summed E-state index contributed by atoms with van der Waals surface area (Å²) < 4.78 is 18.6. The summed E-state index contributed by atoms with van der Waals surface area (Å²) in [5.41, 5.74) is 11.0. The number of benzene rings is 8. The molecule has 0 aliphatic carbocycles. The number of pyridine rings is 2. The highest BCUT2D eigenvalue weighted by Gasteiger charge is 2.22. The fraction of sp³-hybridized carbons (Fsp3) is 0. The van der Waals surface area contributed by atoms with Crippen LogP contribution in [0.4, 0.5) is 0 Å². The molecule has 0 bridgehead atoms. The zero-order valence-corrected chi connectivity index (χ0v) is 37.3. The van der Waals surface area contributed by atoms with Gasteiger partial charge in [-0.3, -0.25) is 9.97 Å². The van der Waals surface area contributed by atoms with Gasteiger partial charge in [-0.25, -0.2) is 0 Å². The van der Waals surface area contributed by atoms with E-state index < -0.39 is 0 Å². The van der Waals surface area contributed by atoms with Crippen molar-refractivity contribution < 1.29 is 4.42 Å². The first-order chi connectivity index (χ1) is 32.8. The van der Waals surface area contributed by atoms with E-state index in [0.717, 1.165) is 50.0 Å². The summed E-state index contributed by atoms with van der Waals surface area (Å²) in [6, 6.07) is 64.3. The number of fused-ring (bicyclic) bond motifs is 22. The van der Waals surface area contributed by atoms with Crippen LogP contribution in [0.25, 0.3) is 138 Å². The summed E-state index contributed by atoms with van der Waals surface area (Å²) in [5.74, 6) is 0. The van der Waals surface area contributed by atoms with Crippen LogP contribution < -0.4 is 0 Å². The first-order valence-electron chi connectivity index (χ1n) is 22.0. The van der Waals surface area contributed by atoms with Gasteiger partial charge in [0.05, 0.1) is 54.9 Å². The second-order valence-electron chi connectivity index (χ2n) is 16.8. The summed E-state index contributed by atoms with van der Waals surface area (Å²) in [5, 5.41) is 12.6. The monoisotopic (exact) mass is 896 g/mol. The molecule has 8 aromatic carbocycles. The Hall–Kier alpha value is -7.88. The standard InChI is InChI=1S/C29H16N2OS.C29H16N2S2/c2*1-2-8-17(9-3-1)31-21-12-6-4-10-18(21)25-22(31)16-30-27-20-14-15-24-26(28(20)33-29(25)27)19-11-5-7-13-23(19)32-24/h2*1-16H. The highest BCUT2D eigenvalue weighted by atomic mass is 32.1. The van der Waals surface area contributed by atoms with Crippen molar-refractivity contribution in [3.05, 3.63) is 194 Å². The molecule has 0 aliphatic rings. The maximum atomic E-state index is 6.16. The summed E-state index contributed by atoms with van der Waals surface area (Å²) in [6.07, 6.45) is 4.10. The van der Waals surface area contributed by atoms with Crippen molar-refractivity contribution in [3.8, 4) is 11.4 Å². The molecule has 5 nitrogen and oxygen atoms in total. The number of rotatable bonds is 2. The Labute approximate surface area is 387 Å². The van der Waals surface area contributed by atoms with E-state index in [4.69, 9.17) is 14.4 Å². The van der Waals surface area contributed by atoms with Gasteiger partial charge >= 0.3 is 0 Å². The number of furan rings is 1. The first kappa shape index (κ1) is 36.5. The SMILES string of the molecule is c1ccc(-n2c3ccccc3c3c4sc5c(ccc6oc7ccccc7c65)c4ncc32)cc1.c1ccc(-n2c3ccccc3c3c4sc5c(ccc6sc7ccccc7c65)c4ncc32)cc1. The lowest BCUT2D eigenvalue weighted by atomic mass is 10.1. The maximum Gasteiger partial charge on any atom is 0.136 e. The van der Waals surface area contributed by atoms with E-state index >= 15 is 0 Å². The fourth-order valence-corrected chi connectivity index (χ4v) is 14.4. The average molecular weight is 897 g/mol. The highest BCUT2D eigenvalue weighted by molar-refractivity contribution is 7.30. The zero-order valence-electron chi connectivity index (χ0n) is 34.9. The van der Waals surface area contributed by atoms with Gasteiger partial charge < -0.3 is 13.6 Å². The molecule has 8 heteroatoms. The Kier molecular flexibility index (Phi) is 7.63. The third-order valence-corrected chi connectivity index (χ3v) is 16.9. The predicted octanol–water partition coefficient (Wildman–Crippen LogP) is 17.4. The van der Waals surface area contributed by atoms with Gasteiger partial charge in [0.25, 0.3) is 0 Å². The van der Waals surface area contributed by atoms with Crippen LogP contribution in [0.2, 0.25) is 0 Å². The topological polar surface area (TPSA) is 48.8 Å². The minimum Gasteiger partial charge on any atom is -0.456 e. The molecule has 0 fully saturated rings. The highest BCUT2D eigenvalue weighted by Crippen LogP contribution is 2.48. The quantitative estimate of drug-likeness (QED) is 0.174. The molecule has 0 N–H and O–H groups in total. The second-order valence-corrected chi connectivity index (χ2v) is 19.9. The number of para-hydroxylation sites is 5. The van der Waals surface area contributed by atoms with E-state index in [0.29, 0.717) is 0 Å². The van der Waals surface area contributed by atoms with Crippen molar-refractivity contribution in [2.45, 2.75) is 0 Å². The van der Waals surface area contributed by atoms with Crippen molar-refractivity contribution in [2.24, 2.45) is 0 Å². The van der Waals surface area contributed by atoms with E-state index in [1.807, 2.05) is 52.3 Å². The van der Waals surface area contributed by atoms with Gasteiger partial charge in [-0.05, 0) is 72.8 Å². The minimum atomic E-state index is 0.927. The minimum absolute atomic E-state index is 0.927. The van der Waals surface area contributed by atoms with Gasteiger partial charge in [-0.2, -0.15) is 0 Å². The number of thiophene rings is 3. The molecule has 308 valence electrons. The molecule has 0 atom stereocenters. The molecule has 66 heavy (non-hydrogen) atoms. The molecule has 16 rings (SSSR count). The molecule has 0 unspecified atom stereocenters. The van der Waals surface area contributed by atoms with Crippen LogP contribution in [-0.4, -0.2) is 19.1 Å². The number of nitrogens with zero attached hydrogens (tertiary/aromatic N) is 4. The largest absolute Gasteiger partial charge is 0.456 e. The lowest BCUT2D eigenvalue weighted by Crippen LogP contribution is -1.93.